The maximum atomic E-state index is 6.69. The molecule has 3 aromatic heterocycles. The summed E-state index contributed by atoms with van der Waals surface area (Å²) in [4.78, 5) is 17.5. The number of para-hydroxylation sites is 3. The minimum Gasteiger partial charge on any atom is -0.456 e. The van der Waals surface area contributed by atoms with Crippen LogP contribution in [0.2, 0.25) is 0 Å². The molecule has 0 saturated heterocycles. The first-order chi connectivity index (χ1) is 31.2. The summed E-state index contributed by atoms with van der Waals surface area (Å²) < 4.78 is 9.01. The van der Waals surface area contributed by atoms with Crippen LogP contribution in [0.1, 0.15) is 0 Å². The van der Waals surface area contributed by atoms with Crippen molar-refractivity contribution in [2.45, 2.75) is 0 Å². The molecule has 0 fully saturated rings. The Morgan fingerprint density at radius 2 is 0.841 bits per heavy atom. The van der Waals surface area contributed by atoms with E-state index in [0.717, 1.165) is 61.4 Å². The summed E-state index contributed by atoms with van der Waals surface area (Å²) in [5.74, 6) is 1.76. The Hall–Kier alpha value is -8.61. The minimum atomic E-state index is 0.567. The Bertz CT molecular complexity index is 3550. The van der Waals surface area contributed by atoms with Crippen molar-refractivity contribution in [1.82, 2.24) is 19.5 Å². The summed E-state index contributed by atoms with van der Waals surface area (Å²) in [5.41, 5.74) is 13.1. The van der Waals surface area contributed by atoms with Crippen LogP contribution in [0.5, 0.6) is 0 Å². The lowest BCUT2D eigenvalue weighted by atomic mass is 10.0. The summed E-state index contributed by atoms with van der Waals surface area (Å²) in [6, 6.07) is 78.0. The molecule has 0 bridgehead atoms. The SMILES string of the molecule is c1ccc(-c2ccc(N(c3ccccc3)c3cccc4oc5cc(-c6nc(-c7ccccc7)nc(-c7ccc(-n8c9ccccc9c9ccccc98)cc7)n6)ccc5c34)cc2)cc1. The molecular weight excluding hydrogens is 771 g/mol. The average molecular weight is 808 g/mol. The summed E-state index contributed by atoms with van der Waals surface area (Å²) in [6.45, 7) is 0. The monoisotopic (exact) mass is 807 g/mol. The Morgan fingerprint density at radius 1 is 0.349 bits per heavy atom. The van der Waals surface area contributed by atoms with Crippen LogP contribution in [0.25, 0.3) is 94.7 Å². The molecule has 0 spiro atoms. The highest BCUT2D eigenvalue weighted by atomic mass is 16.3. The molecule has 6 heteroatoms. The largest absolute Gasteiger partial charge is 0.456 e. The maximum Gasteiger partial charge on any atom is 0.164 e. The number of nitrogens with zero attached hydrogens (tertiary/aromatic N) is 5. The second kappa shape index (κ2) is 15.1. The first kappa shape index (κ1) is 36.3. The maximum absolute atomic E-state index is 6.69. The van der Waals surface area contributed by atoms with Crippen LogP contribution >= 0.6 is 0 Å². The summed E-state index contributed by atoms with van der Waals surface area (Å²) in [7, 11) is 0. The quantitative estimate of drug-likeness (QED) is 0.153. The van der Waals surface area contributed by atoms with Gasteiger partial charge in [-0.15, -0.1) is 0 Å². The number of aromatic nitrogens is 4. The van der Waals surface area contributed by atoms with E-state index < -0.39 is 0 Å². The molecule has 296 valence electrons. The van der Waals surface area contributed by atoms with Crippen molar-refractivity contribution in [3.63, 3.8) is 0 Å². The molecule has 0 saturated carbocycles. The summed E-state index contributed by atoms with van der Waals surface area (Å²) in [6.07, 6.45) is 0. The zero-order valence-electron chi connectivity index (χ0n) is 34.0. The van der Waals surface area contributed by atoms with Gasteiger partial charge in [-0.25, -0.2) is 15.0 Å². The van der Waals surface area contributed by atoms with Crippen LogP contribution in [0.3, 0.4) is 0 Å². The molecule has 0 aliphatic carbocycles. The Labute approximate surface area is 363 Å². The first-order valence-electron chi connectivity index (χ1n) is 21.1. The standard InChI is InChI=1S/C57H37N5O/c1-4-15-38(16-5-1)39-27-32-44(33-28-39)61(43-19-8-3-9-20-43)51-25-14-26-52-54(51)48-36-31-42(37-53(48)63-52)57-59-55(40-17-6-2-7-18-40)58-56(60-57)41-29-34-45(35-30-41)62-49-23-12-10-21-46(49)47-22-11-13-24-50(47)62/h1-37H. The predicted molar refractivity (Wildman–Crippen MR) is 258 cm³/mol. The predicted octanol–water partition coefficient (Wildman–Crippen LogP) is 15.0. The third-order valence-electron chi connectivity index (χ3n) is 11.9. The van der Waals surface area contributed by atoms with Crippen LogP contribution in [-0.2, 0) is 0 Å². The Kier molecular flexibility index (Phi) is 8.71. The second-order valence-corrected chi connectivity index (χ2v) is 15.6. The van der Waals surface area contributed by atoms with E-state index in [9.17, 15) is 0 Å². The van der Waals surface area contributed by atoms with E-state index in [0.29, 0.717) is 17.5 Å². The fraction of sp³-hybridized carbons (Fsp3) is 0. The minimum absolute atomic E-state index is 0.567. The van der Waals surface area contributed by atoms with Gasteiger partial charge in [-0.3, -0.25) is 0 Å². The van der Waals surface area contributed by atoms with Gasteiger partial charge in [0.2, 0.25) is 0 Å². The van der Waals surface area contributed by atoms with E-state index in [4.69, 9.17) is 19.4 Å². The number of benzene rings is 9. The summed E-state index contributed by atoms with van der Waals surface area (Å²) >= 11 is 0. The van der Waals surface area contributed by atoms with Gasteiger partial charge in [-0.2, -0.15) is 0 Å². The van der Waals surface area contributed by atoms with Gasteiger partial charge in [0.05, 0.1) is 22.1 Å². The van der Waals surface area contributed by atoms with E-state index in [-0.39, 0.29) is 0 Å². The lowest BCUT2D eigenvalue weighted by molar-refractivity contribution is 0.669. The molecule has 0 N–H and O–H groups in total. The molecule has 0 atom stereocenters. The first-order valence-corrected chi connectivity index (χ1v) is 21.1. The van der Waals surface area contributed by atoms with Gasteiger partial charge in [0, 0.05) is 49.9 Å². The smallest absolute Gasteiger partial charge is 0.164 e. The number of hydrogen-bond donors (Lipinski definition) is 0. The fourth-order valence-electron chi connectivity index (χ4n) is 8.88. The molecule has 0 unspecified atom stereocenters. The van der Waals surface area contributed by atoms with E-state index in [2.05, 4.69) is 185 Å². The molecule has 0 radical (unpaired) electrons. The lowest BCUT2D eigenvalue weighted by Crippen LogP contribution is -2.10. The van der Waals surface area contributed by atoms with Crippen molar-refractivity contribution >= 4 is 60.8 Å². The van der Waals surface area contributed by atoms with Crippen molar-refractivity contribution in [2.75, 3.05) is 4.90 Å². The molecule has 12 rings (SSSR count). The number of fused-ring (bicyclic) bond motifs is 6. The third kappa shape index (κ3) is 6.40. The number of rotatable bonds is 8. The van der Waals surface area contributed by atoms with E-state index in [1.54, 1.807) is 0 Å². The van der Waals surface area contributed by atoms with Gasteiger partial charge in [-0.05, 0) is 96.1 Å². The highest BCUT2D eigenvalue weighted by Crippen LogP contribution is 2.44. The molecule has 12 aromatic rings. The molecule has 0 aliphatic rings. The second-order valence-electron chi connectivity index (χ2n) is 15.6. The van der Waals surface area contributed by atoms with Crippen LogP contribution in [0, 0.1) is 0 Å². The molecule has 9 aromatic carbocycles. The van der Waals surface area contributed by atoms with Gasteiger partial charge in [0.25, 0.3) is 0 Å². The number of hydrogen-bond acceptors (Lipinski definition) is 5. The van der Waals surface area contributed by atoms with Gasteiger partial charge in [-0.1, -0.05) is 140 Å². The fourth-order valence-corrected chi connectivity index (χ4v) is 8.88. The molecule has 6 nitrogen and oxygen atoms in total. The van der Waals surface area contributed by atoms with Crippen molar-refractivity contribution in [1.29, 1.82) is 0 Å². The lowest BCUT2D eigenvalue weighted by Gasteiger charge is -2.26. The highest BCUT2D eigenvalue weighted by Gasteiger charge is 2.21. The van der Waals surface area contributed by atoms with Crippen molar-refractivity contribution in [2.24, 2.45) is 0 Å². The van der Waals surface area contributed by atoms with E-state index in [1.165, 1.54) is 32.9 Å². The van der Waals surface area contributed by atoms with Crippen molar-refractivity contribution in [3.8, 4) is 51.0 Å². The van der Waals surface area contributed by atoms with Crippen LogP contribution < -0.4 is 4.90 Å². The van der Waals surface area contributed by atoms with Crippen LogP contribution in [0.4, 0.5) is 17.1 Å². The molecule has 0 amide bonds. The van der Waals surface area contributed by atoms with Gasteiger partial charge in [0.1, 0.15) is 11.2 Å². The zero-order valence-corrected chi connectivity index (χ0v) is 34.0. The third-order valence-corrected chi connectivity index (χ3v) is 11.9. The Balaban J connectivity index is 0.958. The van der Waals surface area contributed by atoms with Gasteiger partial charge >= 0.3 is 0 Å². The number of anilines is 3. The molecular formula is C57H37N5O. The van der Waals surface area contributed by atoms with Crippen molar-refractivity contribution < 1.29 is 4.42 Å². The molecule has 0 aliphatic heterocycles. The highest BCUT2D eigenvalue weighted by molar-refractivity contribution is 6.14. The zero-order chi connectivity index (χ0) is 41.7. The number of furan rings is 1. The van der Waals surface area contributed by atoms with Gasteiger partial charge in [0.15, 0.2) is 17.5 Å². The van der Waals surface area contributed by atoms with E-state index in [1.807, 2.05) is 48.5 Å². The molecule has 63 heavy (non-hydrogen) atoms. The normalized spacial score (nSPS) is 11.5. The van der Waals surface area contributed by atoms with E-state index >= 15 is 0 Å². The summed E-state index contributed by atoms with van der Waals surface area (Å²) in [5, 5.41) is 4.49. The van der Waals surface area contributed by atoms with Crippen LogP contribution in [-0.4, -0.2) is 19.5 Å². The molecule has 3 heterocycles. The Morgan fingerprint density at radius 3 is 1.49 bits per heavy atom. The topological polar surface area (TPSA) is 60.0 Å². The van der Waals surface area contributed by atoms with Gasteiger partial charge < -0.3 is 13.9 Å². The van der Waals surface area contributed by atoms with Crippen LogP contribution in [0.15, 0.2) is 229 Å². The van der Waals surface area contributed by atoms with Crippen molar-refractivity contribution in [3.05, 3.63) is 224 Å². The average Bonchev–Trinajstić information content (AvgIpc) is 3.91.